The van der Waals surface area contributed by atoms with Crippen molar-refractivity contribution >= 4 is 23.1 Å². The van der Waals surface area contributed by atoms with Crippen LogP contribution in [0.3, 0.4) is 0 Å². The lowest BCUT2D eigenvalue weighted by atomic mass is 9.66. The van der Waals surface area contributed by atoms with Crippen molar-refractivity contribution in [3.05, 3.63) is 140 Å². The minimum absolute atomic E-state index is 0.0520. The summed E-state index contributed by atoms with van der Waals surface area (Å²) in [7, 11) is 0. The van der Waals surface area contributed by atoms with Gasteiger partial charge < -0.3 is 9.47 Å². The molecule has 2 aliphatic heterocycles. The van der Waals surface area contributed by atoms with Crippen LogP contribution in [0.25, 0.3) is 0 Å². The van der Waals surface area contributed by atoms with Gasteiger partial charge in [-0.15, -0.1) is 0 Å². The number of aliphatic imine (C=N–C) groups is 1. The van der Waals surface area contributed by atoms with Crippen LogP contribution in [0.2, 0.25) is 0 Å². The van der Waals surface area contributed by atoms with Crippen molar-refractivity contribution in [1.29, 1.82) is 0 Å². The van der Waals surface area contributed by atoms with Crippen molar-refractivity contribution in [2.45, 2.75) is 163 Å². The molecule has 1 aliphatic carbocycles. The first kappa shape index (κ1) is 39.2. The van der Waals surface area contributed by atoms with E-state index in [4.69, 9.17) is 19.5 Å². The Morgan fingerprint density at radius 2 is 1.40 bits per heavy atom. The molecule has 3 heterocycles. The third-order valence-corrected chi connectivity index (χ3v) is 13.6. The smallest absolute Gasteiger partial charge is 0.217 e. The van der Waals surface area contributed by atoms with Gasteiger partial charge in [-0.25, -0.2) is 9.98 Å². The van der Waals surface area contributed by atoms with Gasteiger partial charge in [-0.1, -0.05) is 99.9 Å². The Kier molecular flexibility index (Phi) is 8.86. The molecule has 314 valence electrons. The number of aryl methyl sites for hydroxylation is 3. The monoisotopic (exact) mass is 804 g/mol. The maximum atomic E-state index is 9.81. The largest absolute Gasteiger partial charge is 0.468 e. The van der Waals surface area contributed by atoms with Crippen LogP contribution >= 0.6 is 0 Å². The molecule has 0 radical (unpaired) electrons. The summed E-state index contributed by atoms with van der Waals surface area (Å²) in [4.78, 5) is 12.6. The number of rotatable bonds is 4. The summed E-state index contributed by atoms with van der Waals surface area (Å²) < 4.78 is 33.7. The average molecular weight is 804 g/mol. The number of benzene rings is 4. The normalized spacial score (nSPS) is 22.1. The number of pyridine rings is 1. The van der Waals surface area contributed by atoms with Gasteiger partial charge in [-0.05, 0) is 156 Å². The van der Waals surface area contributed by atoms with Crippen LogP contribution in [-0.2, 0) is 39.2 Å². The van der Waals surface area contributed by atoms with Crippen LogP contribution in [0.5, 0.6) is 11.5 Å². The highest BCUT2D eigenvalue weighted by Crippen LogP contribution is 2.54. The van der Waals surface area contributed by atoms with Crippen LogP contribution < -0.4 is 9.64 Å². The zero-order chi connectivity index (χ0) is 45.5. The van der Waals surface area contributed by atoms with Gasteiger partial charge in [0.25, 0.3) is 0 Å². The molecule has 0 unspecified atom stereocenters. The molecule has 0 spiro atoms. The van der Waals surface area contributed by atoms with Crippen molar-refractivity contribution in [2.75, 3.05) is 4.90 Å². The maximum Gasteiger partial charge on any atom is 0.217 e. The first-order chi connectivity index (χ1) is 28.5. The Balaban J connectivity index is 1.24. The second-order valence-corrected chi connectivity index (χ2v) is 22.0. The van der Waals surface area contributed by atoms with Crippen molar-refractivity contribution in [1.82, 2.24) is 4.98 Å². The second kappa shape index (κ2) is 13.6. The molecule has 0 amide bonds. The van der Waals surface area contributed by atoms with Crippen molar-refractivity contribution in [3.8, 4) is 11.5 Å². The van der Waals surface area contributed by atoms with Gasteiger partial charge in [0.15, 0.2) is 0 Å². The minimum Gasteiger partial charge on any atom is -0.468 e. The van der Waals surface area contributed by atoms with Gasteiger partial charge in [0, 0.05) is 38.8 Å². The van der Waals surface area contributed by atoms with E-state index in [0.29, 0.717) is 18.1 Å². The molecule has 5 aromatic rings. The van der Waals surface area contributed by atoms with E-state index >= 15 is 0 Å². The first-order valence-corrected chi connectivity index (χ1v) is 21.8. The summed E-state index contributed by atoms with van der Waals surface area (Å²) in [5.74, 6) is 2.73. The summed E-state index contributed by atoms with van der Waals surface area (Å²) in [6, 6.07) is 23.9. The number of fused-ring (bicyclic) bond motifs is 4. The van der Waals surface area contributed by atoms with Gasteiger partial charge in [0.05, 0.1) is 11.4 Å². The zero-order valence-corrected chi connectivity index (χ0v) is 39.3. The van der Waals surface area contributed by atoms with E-state index in [2.05, 4.69) is 169 Å². The van der Waals surface area contributed by atoms with Crippen LogP contribution in [0.4, 0.5) is 17.2 Å². The highest BCUT2D eigenvalue weighted by Gasteiger charge is 2.56. The second-order valence-electron chi connectivity index (χ2n) is 22.0. The predicted octanol–water partition coefficient (Wildman–Crippen LogP) is 14.2. The van der Waals surface area contributed by atoms with Crippen molar-refractivity contribution < 1.29 is 12.2 Å². The number of ether oxygens (including phenoxy) is 2. The maximum absolute atomic E-state index is 9.81. The van der Waals surface area contributed by atoms with E-state index in [1.165, 1.54) is 27.8 Å². The van der Waals surface area contributed by atoms with E-state index in [-0.39, 0.29) is 21.7 Å². The summed E-state index contributed by atoms with van der Waals surface area (Å²) in [6.07, 6.45) is 0.692. The summed E-state index contributed by atoms with van der Waals surface area (Å²) in [6.45, 7) is 37.2. The van der Waals surface area contributed by atoms with Crippen LogP contribution in [-0.4, -0.2) is 22.0 Å². The minimum atomic E-state index is -1.79. The van der Waals surface area contributed by atoms with Gasteiger partial charge in [-0.2, -0.15) is 0 Å². The number of hydrogen-bond donors (Lipinski definition) is 0. The van der Waals surface area contributed by atoms with Crippen molar-refractivity contribution in [2.24, 2.45) is 4.99 Å². The van der Waals surface area contributed by atoms with Crippen LogP contribution in [0.1, 0.15) is 160 Å². The average Bonchev–Trinajstić information content (AvgIpc) is 3.44. The molecule has 3 aliphatic rings. The molecular formula is C55H67N3O2. The van der Waals surface area contributed by atoms with Crippen molar-refractivity contribution in [3.63, 3.8) is 0 Å². The molecule has 4 aromatic carbocycles. The van der Waals surface area contributed by atoms with Gasteiger partial charge in [-0.3, -0.25) is 4.90 Å². The topological polar surface area (TPSA) is 47.0 Å². The fraction of sp³-hybridized carbons (Fsp3) is 0.455. The third kappa shape index (κ3) is 6.85. The van der Waals surface area contributed by atoms with E-state index in [1.54, 1.807) is 0 Å². The summed E-state index contributed by atoms with van der Waals surface area (Å²) >= 11 is 0. The Hall–Kier alpha value is -4.90. The van der Waals surface area contributed by atoms with E-state index in [0.717, 1.165) is 61.9 Å². The van der Waals surface area contributed by atoms with E-state index < -0.39 is 17.5 Å². The molecule has 1 aromatic heterocycles. The number of hydrogen-bond acceptors (Lipinski definition) is 5. The number of anilines is 3. The number of aromatic nitrogens is 1. The zero-order valence-electron chi connectivity index (χ0n) is 41.3. The summed E-state index contributed by atoms with van der Waals surface area (Å²) in [5.41, 5.74) is 12.5. The molecule has 2 atom stereocenters. The molecule has 5 nitrogen and oxygen atoms in total. The van der Waals surface area contributed by atoms with Crippen LogP contribution in [0.15, 0.2) is 77.9 Å². The van der Waals surface area contributed by atoms with Crippen LogP contribution in [0, 0.1) is 27.7 Å². The fourth-order valence-corrected chi connectivity index (χ4v) is 9.95. The molecular weight excluding hydrogens is 735 g/mol. The third-order valence-electron chi connectivity index (χ3n) is 13.6. The Morgan fingerprint density at radius 1 is 0.717 bits per heavy atom. The quantitative estimate of drug-likeness (QED) is 0.182. The lowest BCUT2D eigenvalue weighted by Gasteiger charge is -2.44. The molecule has 0 saturated heterocycles. The lowest BCUT2D eigenvalue weighted by Crippen LogP contribution is -2.53. The molecule has 5 heteroatoms. The SMILES string of the molecule is [2H]C1([2H])c2cc(C)c(C(C)(C)C)c(C)c2C[C@]2(C)OC(c3cc(Oc4cc5c(cc4C)C(C)(C)c4cc(C)ccc4N5c4cc(C(C)(C)C)ccn4)cc(C(C)(C)C)c3)=N[C@@]12C. The Labute approximate surface area is 363 Å². The van der Waals surface area contributed by atoms with Gasteiger partial charge in [0.1, 0.15) is 28.5 Å². The lowest BCUT2D eigenvalue weighted by molar-refractivity contribution is 0.0270. The standard InChI is InChI=1S/C55H67N3O2/c1-32-18-19-44-42(22-32)53(14,15)43-24-33(2)46(29-45(43)58(44)47-28-38(20-21-56-47)50(5,6)7)59-40-26-36(25-39(27-40)51(8,9)10)49-57-54(16)30-37-23-34(3)48(52(11,12)13)35(4)41(37)31-55(54,17)60-49/h18-29H,30-31H2,1-17H3/t54-,55-/m0/s1/i30D2. The molecule has 0 bridgehead atoms. The first-order valence-electron chi connectivity index (χ1n) is 22.8. The molecule has 0 saturated carbocycles. The predicted molar refractivity (Wildman–Crippen MR) is 251 cm³/mol. The van der Waals surface area contributed by atoms with E-state index in [9.17, 15) is 2.74 Å². The Bertz CT molecular complexity index is 2710. The Morgan fingerprint density at radius 3 is 2.07 bits per heavy atom. The van der Waals surface area contributed by atoms with E-state index in [1.807, 2.05) is 26.1 Å². The molecule has 60 heavy (non-hydrogen) atoms. The number of nitrogens with zero attached hydrogens (tertiary/aromatic N) is 3. The molecule has 0 N–H and O–H groups in total. The fourth-order valence-electron chi connectivity index (χ4n) is 9.95. The van der Waals surface area contributed by atoms with Gasteiger partial charge in [0.2, 0.25) is 5.90 Å². The molecule has 8 rings (SSSR count). The summed E-state index contributed by atoms with van der Waals surface area (Å²) in [5, 5.41) is 0. The van der Waals surface area contributed by atoms with Gasteiger partial charge >= 0.3 is 0 Å². The highest BCUT2D eigenvalue weighted by molar-refractivity contribution is 5.97. The highest BCUT2D eigenvalue weighted by atomic mass is 16.5. The molecule has 0 fully saturated rings.